The molecule has 0 aliphatic carbocycles. The first-order valence-electron chi connectivity index (χ1n) is 7.14. The maximum Gasteiger partial charge on any atom is 0.277 e. The number of rotatable bonds is 7. The number of amides is 1. The molecule has 0 fully saturated rings. The van der Waals surface area contributed by atoms with Crippen molar-refractivity contribution >= 4 is 12.1 Å². The number of phenolic OH excluding ortho intramolecular Hbond substituents is 1. The summed E-state index contributed by atoms with van der Waals surface area (Å²) in [6.45, 7) is 2.37. The lowest BCUT2D eigenvalue weighted by molar-refractivity contribution is -0.123. The van der Waals surface area contributed by atoms with Crippen LogP contribution in [0.25, 0.3) is 0 Å². The first-order valence-corrected chi connectivity index (χ1v) is 7.14. The molecule has 0 spiro atoms. The van der Waals surface area contributed by atoms with Gasteiger partial charge in [0.25, 0.3) is 5.91 Å². The van der Waals surface area contributed by atoms with Crippen LogP contribution in [0.15, 0.2) is 53.6 Å². The van der Waals surface area contributed by atoms with Gasteiger partial charge in [-0.2, -0.15) is 5.10 Å². The zero-order chi connectivity index (χ0) is 16.5. The molecule has 0 saturated carbocycles. The maximum atomic E-state index is 11.6. The van der Waals surface area contributed by atoms with Gasteiger partial charge in [-0.25, -0.2) is 5.43 Å². The molecule has 0 heterocycles. The molecule has 0 aliphatic rings. The summed E-state index contributed by atoms with van der Waals surface area (Å²) in [7, 11) is 0. The quantitative estimate of drug-likeness (QED) is 0.607. The molecule has 6 nitrogen and oxygen atoms in total. The van der Waals surface area contributed by atoms with Crippen LogP contribution in [0.3, 0.4) is 0 Å². The van der Waals surface area contributed by atoms with E-state index < -0.39 is 0 Å². The summed E-state index contributed by atoms with van der Waals surface area (Å²) in [4.78, 5) is 11.6. The summed E-state index contributed by atoms with van der Waals surface area (Å²) in [6, 6.07) is 13.5. The van der Waals surface area contributed by atoms with E-state index in [0.717, 1.165) is 11.3 Å². The molecule has 6 heteroatoms. The van der Waals surface area contributed by atoms with Gasteiger partial charge in [0.15, 0.2) is 6.61 Å². The lowest BCUT2D eigenvalue weighted by Crippen LogP contribution is -2.24. The molecule has 0 unspecified atom stereocenters. The second-order valence-electron chi connectivity index (χ2n) is 4.58. The van der Waals surface area contributed by atoms with Crippen molar-refractivity contribution in [3.05, 3.63) is 54.1 Å². The van der Waals surface area contributed by atoms with Crippen molar-refractivity contribution in [1.29, 1.82) is 0 Å². The first kappa shape index (κ1) is 16.4. The van der Waals surface area contributed by atoms with Gasteiger partial charge in [0, 0.05) is 0 Å². The van der Waals surface area contributed by atoms with Gasteiger partial charge >= 0.3 is 0 Å². The van der Waals surface area contributed by atoms with Crippen LogP contribution in [0.5, 0.6) is 17.2 Å². The minimum atomic E-state index is -0.367. The number of carbonyl (C=O) groups excluding carboxylic acids is 1. The summed E-state index contributed by atoms with van der Waals surface area (Å²) in [6.07, 6.45) is 1.48. The Morgan fingerprint density at radius 1 is 1.09 bits per heavy atom. The third kappa shape index (κ3) is 5.70. The van der Waals surface area contributed by atoms with Gasteiger partial charge in [0.05, 0.1) is 12.8 Å². The Balaban J connectivity index is 1.75. The molecule has 0 radical (unpaired) electrons. The second-order valence-corrected chi connectivity index (χ2v) is 4.58. The van der Waals surface area contributed by atoms with Gasteiger partial charge in [0.2, 0.25) is 0 Å². The van der Waals surface area contributed by atoms with Crippen LogP contribution in [0.2, 0.25) is 0 Å². The highest BCUT2D eigenvalue weighted by atomic mass is 16.5. The van der Waals surface area contributed by atoms with E-state index in [0.29, 0.717) is 12.4 Å². The molecule has 0 saturated heterocycles. The lowest BCUT2D eigenvalue weighted by atomic mass is 10.2. The Morgan fingerprint density at radius 3 is 2.30 bits per heavy atom. The summed E-state index contributed by atoms with van der Waals surface area (Å²) in [5.74, 6) is 1.14. The predicted molar refractivity (Wildman–Crippen MR) is 86.9 cm³/mol. The lowest BCUT2D eigenvalue weighted by Gasteiger charge is -2.06. The van der Waals surface area contributed by atoms with E-state index in [4.69, 9.17) is 14.6 Å². The molecule has 2 aromatic rings. The third-order valence-electron chi connectivity index (χ3n) is 2.80. The van der Waals surface area contributed by atoms with Crippen LogP contribution < -0.4 is 14.9 Å². The first-order chi connectivity index (χ1) is 11.2. The average molecular weight is 314 g/mol. The number of nitrogens with zero attached hydrogens (tertiary/aromatic N) is 1. The zero-order valence-corrected chi connectivity index (χ0v) is 12.7. The molecule has 2 aromatic carbocycles. The molecule has 0 aliphatic heterocycles. The fourth-order valence-electron chi connectivity index (χ4n) is 1.72. The highest BCUT2D eigenvalue weighted by molar-refractivity contribution is 5.83. The Bertz CT molecular complexity index is 651. The molecule has 120 valence electrons. The van der Waals surface area contributed by atoms with E-state index in [2.05, 4.69) is 10.5 Å². The Hall–Kier alpha value is -3.02. The number of nitrogens with one attached hydrogen (secondary N) is 1. The minimum absolute atomic E-state index is 0.138. The van der Waals surface area contributed by atoms with E-state index in [1.807, 2.05) is 6.92 Å². The second kappa shape index (κ2) is 8.43. The van der Waals surface area contributed by atoms with Gasteiger partial charge in [0.1, 0.15) is 17.2 Å². The van der Waals surface area contributed by atoms with Crippen molar-refractivity contribution < 1.29 is 19.4 Å². The van der Waals surface area contributed by atoms with Crippen molar-refractivity contribution in [2.75, 3.05) is 13.2 Å². The summed E-state index contributed by atoms with van der Waals surface area (Å²) < 4.78 is 10.7. The zero-order valence-electron chi connectivity index (χ0n) is 12.7. The summed E-state index contributed by atoms with van der Waals surface area (Å²) >= 11 is 0. The fourth-order valence-corrected chi connectivity index (χ4v) is 1.72. The average Bonchev–Trinajstić information content (AvgIpc) is 2.56. The van der Waals surface area contributed by atoms with Gasteiger partial charge in [-0.15, -0.1) is 0 Å². The van der Waals surface area contributed by atoms with Crippen molar-refractivity contribution in [1.82, 2.24) is 5.43 Å². The van der Waals surface area contributed by atoms with Crippen LogP contribution in [0.4, 0.5) is 0 Å². The van der Waals surface area contributed by atoms with E-state index in [1.54, 1.807) is 36.4 Å². The fraction of sp³-hybridized carbons (Fsp3) is 0.176. The van der Waals surface area contributed by atoms with Gasteiger partial charge < -0.3 is 14.6 Å². The smallest absolute Gasteiger partial charge is 0.277 e. The molecule has 2 rings (SSSR count). The van der Waals surface area contributed by atoms with Gasteiger partial charge in [-0.1, -0.05) is 0 Å². The largest absolute Gasteiger partial charge is 0.508 e. The third-order valence-corrected chi connectivity index (χ3v) is 2.80. The molecule has 0 bridgehead atoms. The number of ether oxygens (including phenoxy) is 2. The molecule has 1 amide bonds. The number of hydrogen-bond donors (Lipinski definition) is 2. The van der Waals surface area contributed by atoms with Crippen LogP contribution >= 0.6 is 0 Å². The predicted octanol–water partition coefficient (Wildman–Crippen LogP) is 2.32. The molecular weight excluding hydrogens is 296 g/mol. The Labute approximate surface area is 134 Å². The maximum absolute atomic E-state index is 11.6. The van der Waals surface area contributed by atoms with Gasteiger partial charge in [-0.05, 0) is 61.0 Å². The van der Waals surface area contributed by atoms with Crippen molar-refractivity contribution in [3.8, 4) is 17.2 Å². The number of carbonyl (C=O) groups is 1. The number of phenols is 1. The van der Waals surface area contributed by atoms with Crippen molar-refractivity contribution in [3.63, 3.8) is 0 Å². The summed E-state index contributed by atoms with van der Waals surface area (Å²) in [5.41, 5.74) is 3.13. The molecule has 23 heavy (non-hydrogen) atoms. The number of hydrazone groups is 1. The Kier molecular flexibility index (Phi) is 5.99. The standard InChI is InChI=1S/C17H18N2O4/c1-2-22-15-7-9-16(10-8-15)23-12-17(21)19-18-11-13-3-5-14(20)6-4-13/h3-11,20H,2,12H2,1H3,(H,19,21)/b18-11-. The molecule has 0 aromatic heterocycles. The van der Waals surface area contributed by atoms with Crippen LogP contribution in [0, 0.1) is 0 Å². The topological polar surface area (TPSA) is 80.2 Å². The monoisotopic (exact) mass is 314 g/mol. The molecule has 0 atom stereocenters. The number of benzene rings is 2. The molecular formula is C17H18N2O4. The number of aromatic hydroxyl groups is 1. The van der Waals surface area contributed by atoms with Crippen molar-refractivity contribution in [2.24, 2.45) is 5.10 Å². The van der Waals surface area contributed by atoms with E-state index in [1.165, 1.54) is 18.3 Å². The molecule has 2 N–H and O–H groups in total. The van der Waals surface area contributed by atoms with Crippen LogP contribution in [-0.4, -0.2) is 30.4 Å². The minimum Gasteiger partial charge on any atom is -0.508 e. The summed E-state index contributed by atoms with van der Waals surface area (Å²) in [5, 5.41) is 13.0. The van der Waals surface area contributed by atoms with Crippen molar-refractivity contribution in [2.45, 2.75) is 6.92 Å². The van der Waals surface area contributed by atoms with Crippen LogP contribution in [0.1, 0.15) is 12.5 Å². The van der Waals surface area contributed by atoms with Crippen LogP contribution in [-0.2, 0) is 4.79 Å². The van der Waals surface area contributed by atoms with Gasteiger partial charge in [-0.3, -0.25) is 4.79 Å². The van der Waals surface area contributed by atoms with E-state index in [-0.39, 0.29) is 18.3 Å². The van der Waals surface area contributed by atoms with E-state index in [9.17, 15) is 4.79 Å². The normalized spacial score (nSPS) is 10.5. The van der Waals surface area contributed by atoms with E-state index >= 15 is 0 Å². The Morgan fingerprint density at radius 2 is 1.70 bits per heavy atom. The highest BCUT2D eigenvalue weighted by Crippen LogP contribution is 2.17. The SMILES string of the molecule is CCOc1ccc(OCC(=O)N/N=C\c2ccc(O)cc2)cc1. The highest BCUT2D eigenvalue weighted by Gasteiger charge is 2.01. The number of hydrogen-bond acceptors (Lipinski definition) is 5.